The van der Waals surface area contributed by atoms with Crippen molar-refractivity contribution in [2.75, 3.05) is 0 Å². The molecule has 0 aliphatic carbocycles. The van der Waals surface area contributed by atoms with Gasteiger partial charge in [0.05, 0.1) is 40.6 Å². The number of fused-ring (bicyclic) bond motifs is 6. The van der Waals surface area contributed by atoms with Gasteiger partial charge in [-0.25, -0.2) is 9.98 Å². The summed E-state index contributed by atoms with van der Waals surface area (Å²) < 4.78 is 10.2. The van der Waals surface area contributed by atoms with E-state index < -0.39 is 0 Å². The molecule has 0 unspecified atom stereocenters. The second-order valence-electron chi connectivity index (χ2n) is 13.4. The lowest BCUT2D eigenvalue weighted by Crippen LogP contribution is -2.04. The Morgan fingerprint density at radius 2 is 1.44 bits per heavy atom. The van der Waals surface area contributed by atoms with Crippen molar-refractivity contribution in [3.63, 3.8) is 0 Å². The molecule has 0 spiro atoms. The fourth-order valence-corrected chi connectivity index (χ4v) is 7.76. The summed E-state index contributed by atoms with van der Waals surface area (Å²) in [6.07, 6.45) is 5.71. The number of para-hydroxylation sites is 2. The van der Waals surface area contributed by atoms with E-state index in [-0.39, 0.29) is 0 Å². The van der Waals surface area contributed by atoms with Crippen molar-refractivity contribution in [1.29, 1.82) is 0 Å². The van der Waals surface area contributed by atoms with E-state index in [0.29, 0.717) is 12.4 Å². The molecule has 54 heavy (non-hydrogen) atoms. The Morgan fingerprint density at radius 1 is 0.648 bits per heavy atom. The number of benzene rings is 6. The predicted molar refractivity (Wildman–Crippen MR) is 222 cm³/mol. The van der Waals surface area contributed by atoms with Gasteiger partial charge in [-0.15, -0.1) is 0 Å². The minimum Gasteiger partial charge on any atom is -0.446 e. The molecule has 4 heterocycles. The Hall–Kier alpha value is -7.31. The molecule has 256 valence electrons. The van der Waals surface area contributed by atoms with Gasteiger partial charge in [-0.05, 0) is 76.6 Å². The molecule has 0 bridgehead atoms. The van der Waals surface area contributed by atoms with Crippen molar-refractivity contribution in [3.8, 4) is 22.6 Å². The van der Waals surface area contributed by atoms with E-state index in [1.165, 1.54) is 32.5 Å². The molecule has 0 atom stereocenters. The molecular formula is C48H33N5O. The lowest BCUT2D eigenvalue weighted by molar-refractivity contribution is 0.578. The van der Waals surface area contributed by atoms with Crippen LogP contribution < -0.4 is 0 Å². The highest BCUT2D eigenvalue weighted by molar-refractivity contribution is 6.18. The fourth-order valence-electron chi connectivity index (χ4n) is 7.76. The summed E-state index contributed by atoms with van der Waals surface area (Å²) in [5, 5.41) is 6.00. The molecule has 10 rings (SSSR count). The van der Waals surface area contributed by atoms with Crippen LogP contribution in [0.5, 0.6) is 0 Å². The number of hydrogen-bond donors (Lipinski definition) is 0. The van der Waals surface area contributed by atoms with Gasteiger partial charge < -0.3 is 8.98 Å². The van der Waals surface area contributed by atoms with Crippen molar-refractivity contribution >= 4 is 61.8 Å². The molecule has 0 saturated carbocycles. The van der Waals surface area contributed by atoms with E-state index in [1.54, 1.807) is 6.26 Å². The number of hydrogen-bond acceptors (Lipinski definition) is 4. The highest BCUT2D eigenvalue weighted by Crippen LogP contribution is 2.37. The van der Waals surface area contributed by atoms with Crippen LogP contribution in [0.3, 0.4) is 0 Å². The summed E-state index contributed by atoms with van der Waals surface area (Å²) in [6.45, 7) is 4.16. The zero-order chi connectivity index (χ0) is 36.0. The molecule has 0 fully saturated rings. The molecule has 6 heteroatoms. The first-order valence-corrected chi connectivity index (χ1v) is 18.0. The summed E-state index contributed by atoms with van der Waals surface area (Å²) in [5.41, 5.74) is 10.4. The van der Waals surface area contributed by atoms with E-state index in [4.69, 9.17) is 14.4 Å². The van der Waals surface area contributed by atoms with Crippen LogP contribution in [0, 0.1) is 0 Å². The van der Waals surface area contributed by atoms with Gasteiger partial charge >= 0.3 is 0 Å². The minimum atomic E-state index is 0.423. The van der Waals surface area contributed by atoms with Crippen LogP contribution in [-0.2, 0) is 6.54 Å². The number of nitrogens with zero attached hydrogens (tertiary/aromatic N) is 5. The van der Waals surface area contributed by atoms with Crippen LogP contribution in [0.25, 0.3) is 66.1 Å². The fraction of sp³-hybridized carbons (Fsp3) is 0.0208. The first-order valence-electron chi connectivity index (χ1n) is 18.0. The van der Waals surface area contributed by atoms with Crippen molar-refractivity contribution < 1.29 is 4.42 Å². The molecule has 0 N–H and O–H groups in total. The highest BCUT2D eigenvalue weighted by atomic mass is 16.3. The van der Waals surface area contributed by atoms with Gasteiger partial charge in [0, 0.05) is 39.8 Å². The third-order valence-electron chi connectivity index (χ3n) is 10.3. The zero-order valence-electron chi connectivity index (χ0n) is 29.3. The third kappa shape index (κ3) is 5.23. The van der Waals surface area contributed by atoms with E-state index in [1.807, 2.05) is 18.3 Å². The van der Waals surface area contributed by atoms with Crippen LogP contribution in [0.1, 0.15) is 16.7 Å². The summed E-state index contributed by atoms with van der Waals surface area (Å²) in [7, 11) is 0. The average molecular weight is 696 g/mol. The summed E-state index contributed by atoms with van der Waals surface area (Å²) in [6, 6.07) is 55.2. The topological polar surface area (TPSA) is 60.6 Å². The van der Waals surface area contributed by atoms with Crippen LogP contribution >= 0.6 is 0 Å². The second kappa shape index (κ2) is 13.0. The van der Waals surface area contributed by atoms with E-state index in [0.717, 1.165) is 56.0 Å². The average Bonchev–Trinajstić information content (AvgIpc) is 3.98. The van der Waals surface area contributed by atoms with Gasteiger partial charge in [0.25, 0.3) is 0 Å². The number of aliphatic imine (C=N–C) groups is 2. The highest BCUT2D eigenvalue weighted by Gasteiger charge is 2.18. The molecule has 0 radical (unpaired) electrons. The number of rotatable bonds is 8. The monoisotopic (exact) mass is 695 g/mol. The molecule has 0 aliphatic rings. The van der Waals surface area contributed by atoms with Crippen molar-refractivity contribution in [3.05, 3.63) is 193 Å². The molecule has 6 nitrogen and oxygen atoms in total. The van der Waals surface area contributed by atoms with Crippen molar-refractivity contribution in [2.24, 2.45) is 9.98 Å². The molecule has 10 aromatic rings. The van der Waals surface area contributed by atoms with Crippen LogP contribution in [0.2, 0.25) is 0 Å². The largest absolute Gasteiger partial charge is 0.446 e. The smallest absolute Gasteiger partial charge is 0.227 e. The quantitative estimate of drug-likeness (QED) is 0.149. The van der Waals surface area contributed by atoms with Crippen LogP contribution in [0.15, 0.2) is 191 Å². The van der Waals surface area contributed by atoms with Crippen molar-refractivity contribution in [2.45, 2.75) is 6.54 Å². The van der Waals surface area contributed by atoms with Gasteiger partial charge in [0.1, 0.15) is 5.82 Å². The van der Waals surface area contributed by atoms with E-state index in [2.05, 4.69) is 173 Å². The standard InChI is InChI=1S/C48H33N5O/c1-49-48-42(27-29-54-48)46(35-21-19-34(20-22-35)38-16-9-11-33-10-5-6-14-37(33)38)51-31-32-18-25-45(50-30-32)53-44-17-8-7-15-39(44)40-23-24-43-41(47(40)53)26-28-52(43)36-12-3-2-4-13-36/h2-30H,1,31H2. The maximum atomic E-state index is 5.67. The lowest BCUT2D eigenvalue weighted by Gasteiger charge is -2.11. The van der Waals surface area contributed by atoms with Crippen LogP contribution in [0.4, 0.5) is 5.88 Å². The molecule has 0 aliphatic heterocycles. The maximum absolute atomic E-state index is 5.67. The van der Waals surface area contributed by atoms with E-state index >= 15 is 0 Å². The Bertz CT molecular complexity index is 3010. The predicted octanol–water partition coefficient (Wildman–Crippen LogP) is 11.9. The molecule has 0 saturated heterocycles. The number of furan rings is 1. The Labute approximate surface area is 311 Å². The Morgan fingerprint density at radius 3 is 2.28 bits per heavy atom. The van der Waals surface area contributed by atoms with Crippen LogP contribution in [-0.4, -0.2) is 26.5 Å². The molecular weight excluding hydrogens is 663 g/mol. The van der Waals surface area contributed by atoms with Gasteiger partial charge in [0.2, 0.25) is 5.88 Å². The third-order valence-corrected chi connectivity index (χ3v) is 10.3. The first-order chi connectivity index (χ1) is 26.7. The number of aromatic nitrogens is 3. The summed E-state index contributed by atoms with van der Waals surface area (Å²) in [5.74, 6) is 1.30. The maximum Gasteiger partial charge on any atom is 0.227 e. The molecule has 0 amide bonds. The normalized spacial score (nSPS) is 12.0. The lowest BCUT2D eigenvalue weighted by atomic mass is 9.96. The summed E-state index contributed by atoms with van der Waals surface area (Å²) in [4.78, 5) is 14.3. The van der Waals surface area contributed by atoms with E-state index in [9.17, 15) is 0 Å². The van der Waals surface area contributed by atoms with Gasteiger partial charge in [-0.1, -0.05) is 115 Å². The van der Waals surface area contributed by atoms with Gasteiger partial charge in [0.15, 0.2) is 0 Å². The van der Waals surface area contributed by atoms with Crippen molar-refractivity contribution in [1.82, 2.24) is 14.1 Å². The molecule has 6 aromatic carbocycles. The summed E-state index contributed by atoms with van der Waals surface area (Å²) >= 11 is 0. The zero-order valence-corrected chi connectivity index (χ0v) is 29.3. The molecule has 4 aromatic heterocycles. The Kier molecular flexibility index (Phi) is 7.58. The number of pyridine rings is 1. The Balaban J connectivity index is 1.02. The first kappa shape index (κ1) is 31.4. The van der Waals surface area contributed by atoms with Gasteiger partial charge in [-0.3, -0.25) is 9.56 Å². The van der Waals surface area contributed by atoms with Gasteiger partial charge in [-0.2, -0.15) is 0 Å². The second-order valence-corrected chi connectivity index (χ2v) is 13.4. The SMILES string of the molecule is C=Nc1occc1C(=NCc1ccc(-n2c3ccccc3c3ccc4c(ccn4-c4ccccc4)c32)nc1)c1ccc(-c2cccc3ccccc23)cc1. The minimum absolute atomic E-state index is 0.423.